The maximum Gasteiger partial charge on any atom is 0.415 e. The number of hydrogen-bond donors (Lipinski definition) is 0. The average Bonchev–Trinajstić information content (AvgIpc) is 2.52. The lowest BCUT2D eigenvalue weighted by Gasteiger charge is -2.26. The predicted octanol–water partition coefficient (Wildman–Crippen LogP) is 4.48. The van der Waals surface area contributed by atoms with Crippen LogP contribution < -0.4 is 4.74 Å². The number of benzene rings is 1. The first-order chi connectivity index (χ1) is 10.2. The fourth-order valence-electron chi connectivity index (χ4n) is 2.47. The second kappa shape index (κ2) is 6.36. The van der Waals surface area contributed by atoms with Crippen molar-refractivity contribution in [2.24, 2.45) is 0 Å². The summed E-state index contributed by atoms with van der Waals surface area (Å²) in [4.78, 5) is 18.4. The molecular weight excluding hydrogens is 403 g/mol. The summed E-state index contributed by atoms with van der Waals surface area (Å²) in [6.07, 6.45) is 4.61. The van der Waals surface area contributed by atoms with E-state index >= 15 is 0 Å². The van der Waals surface area contributed by atoms with E-state index in [0.29, 0.717) is 16.3 Å². The molecule has 21 heavy (non-hydrogen) atoms. The highest BCUT2D eigenvalue weighted by Gasteiger charge is 2.21. The number of carbonyl (C=O) groups is 1. The molecule has 2 heterocycles. The molecule has 0 bridgehead atoms. The van der Waals surface area contributed by atoms with Crippen molar-refractivity contribution in [2.75, 3.05) is 13.1 Å². The number of aromatic nitrogens is 1. The quantitative estimate of drug-likeness (QED) is 0.644. The van der Waals surface area contributed by atoms with Gasteiger partial charge in [-0.1, -0.05) is 11.6 Å². The molecule has 1 saturated heterocycles. The van der Waals surface area contributed by atoms with E-state index < -0.39 is 0 Å². The highest BCUT2D eigenvalue weighted by Crippen LogP contribution is 2.35. The Labute approximate surface area is 141 Å². The van der Waals surface area contributed by atoms with Crippen LogP contribution in [0.15, 0.2) is 24.4 Å². The minimum Gasteiger partial charge on any atom is -0.407 e. The molecule has 0 spiro atoms. The Kier molecular flexibility index (Phi) is 4.49. The molecule has 1 aromatic carbocycles. The maximum atomic E-state index is 12.3. The smallest absolute Gasteiger partial charge is 0.407 e. The van der Waals surface area contributed by atoms with Gasteiger partial charge in [0.15, 0.2) is 5.75 Å². The van der Waals surface area contributed by atoms with E-state index in [0.717, 1.165) is 34.9 Å². The summed E-state index contributed by atoms with van der Waals surface area (Å²) in [6, 6.07) is 5.49. The lowest BCUT2D eigenvalue weighted by molar-refractivity contribution is 0.142. The standard InChI is InChI=1S/C15H14ClIN2O2/c16-11-9-12(17)14(13-10(11)5-4-6-18-13)21-15(20)19-7-2-1-3-8-19/h4-6,9H,1-3,7-8H2. The fourth-order valence-corrected chi connectivity index (χ4v) is 3.59. The van der Waals surface area contributed by atoms with Crippen LogP contribution in [-0.2, 0) is 0 Å². The number of pyridine rings is 1. The number of rotatable bonds is 1. The normalized spacial score (nSPS) is 15.2. The number of hydrogen-bond acceptors (Lipinski definition) is 3. The molecular formula is C15H14ClIN2O2. The number of piperidine rings is 1. The lowest BCUT2D eigenvalue weighted by atomic mass is 10.1. The Balaban J connectivity index is 1.94. The molecule has 3 rings (SSSR count). The SMILES string of the molecule is O=C(Oc1c(I)cc(Cl)c2cccnc12)N1CCCCC1. The van der Waals surface area contributed by atoms with E-state index in [1.165, 1.54) is 6.42 Å². The molecule has 1 aromatic heterocycles. The van der Waals surface area contributed by atoms with Crippen molar-refractivity contribution in [1.29, 1.82) is 0 Å². The molecule has 4 nitrogen and oxygen atoms in total. The van der Waals surface area contributed by atoms with Gasteiger partial charge in [0.2, 0.25) is 0 Å². The van der Waals surface area contributed by atoms with E-state index in [1.54, 1.807) is 17.2 Å². The topological polar surface area (TPSA) is 42.4 Å². The number of likely N-dealkylation sites (tertiary alicyclic amines) is 1. The first kappa shape index (κ1) is 14.8. The summed E-state index contributed by atoms with van der Waals surface area (Å²) in [5, 5.41) is 1.40. The molecule has 6 heteroatoms. The minimum atomic E-state index is -0.304. The van der Waals surface area contributed by atoms with Crippen molar-refractivity contribution in [3.05, 3.63) is 33.0 Å². The summed E-state index contributed by atoms with van der Waals surface area (Å²) >= 11 is 8.34. The summed E-state index contributed by atoms with van der Waals surface area (Å²) in [5.41, 5.74) is 0.625. The van der Waals surface area contributed by atoms with Crippen LogP contribution in [0, 0.1) is 3.57 Å². The number of fused-ring (bicyclic) bond motifs is 1. The van der Waals surface area contributed by atoms with Gasteiger partial charge < -0.3 is 9.64 Å². The molecule has 1 fully saturated rings. The van der Waals surface area contributed by atoms with Crippen LogP contribution in [0.25, 0.3) is 10.9 Å². The van der Waals surface area contributed by atoms with Gasteiger partial charge in [0.05, 0.1) is 8.59 Å². The van der Waals surface area contributed by atoms with Gasteiger partial charge in [0.25, 0.3) is 0 Å². The third-order valence-corrected chi connectivity index (χ3v) is 4.67. The van der Waals surface area contributed by atoms with Gasteiger partial charge >= 0.3 is 6.09 Å². The summed E-state index contributed by atoms with van der Waals surface area (Å²) in [5.74, 6) is 0.492. The molecule has 2 aromatic rings. The summed E-state index contributed by atoms with van der Waals surface area (Å²) in [7, 11) is 0. The molecule has 110 valence electrons. The molecule has 1 aliphatic rings. The van der Waals surface area contributed by atoms with Crippen molar-refractivity contribution in [3.8, 4) is 5.75 Å². The van der Waals surface area contributed by atoms with Crippen LogP contribution in [-0.4, -0.2) is 29.1 Å². The van der Waals surface area contributed by atoms with Crippen LogP contribution >= 0.6 is 34.2 Å². The van der Waals surface area contributed by atoms with Crippen molar-refractivity contribution >= 4 is 51.2 Å². The second-order valence-electron chi connectivity index (χ2n) is 4.98. The molecule has 0 aliphatic carbocycles. The van der Waals surface area contributed by atoms with Crippen molar-refractivity contribution in [2.45, 2.75) is 19.3 Å². The van der Waals surface area contributed by atoms with Gasteiger partial charge in [0.1, 0.15) is 5.52 Å². The molecule has 0 N–H and O–H groups in total. The average molecular weight is 417 g/mol. The van der Waals surface area contributed by atoms with E-state index in [4.69, 9.17) is 16.3 Å². The number of halogens is 2. The van der Waals surface area contributed by atoms with E-state index in [-0.39, 0.29) is 6.09 Å². The fraction of sp³-hybridized carbons (Fsp3) is 0.333. The molecule has 0 radical (unpaired) electrons. The van der Waals surface area contributed by atoms with Gasteiger partial charge in [-0.15, -0.1) is 0 Å². The Morgan fingerprint density at radius 1 is 1.33 bits per heavy atom. The summed E-state index contributed by atoms with van der Waals surface area (Å²) in [6.45, 7) is 1.52. The third kappa shape index (κ3) is 3.08. The van der Waals surface area contributed by atoms with Crippen LogP contribution in [0.5, 0.6) is 5.75 Å². The minimum absolute atomic E-state index is 0.304. The van der Waals surface area contributed by atoms with E-state index in [2.05, 4.69) is 27.6 Å². The van der Waals surface area contributed by atoms with Crippen molar-refractivity contribution in [1.82, 2.24) is 9.88 Å². The van der Waals surface area contributed by atoms with Crippen molar-refractivity contribution < 1.29 is 9.53 Å². The zero-order chi connectivity index (χ0) is 14.8. The maximum absolute atomic E-state index is 12.3. The molecule has 0 saturated carbocycles. The Bertz CT molecular complexity index is 687. The monoisotopic (exact) mass is 416 g/mol. The van der Waals surface area contributed by atoms with Gasteiger partial charge in [-0.25, -0.2) is 4.79 Å². The van der Waals surface area contributed by atoms with E-state index in [9.17, 15) is 4.79 Å². The highest BCUT2D eigenvalue weighted by molar-refractivity contribution is 14.1. The summed E-state index contributed by atoms with van der Waals surface area (Å²) < 4.78 is 6.40. The molecule has 1 amide bonds. The molecule has 0 unspecified atom stereocenters. The largest absolute Gasteiger partial charge is 0.415 e. The Morgan fingerprint density at radius 3 is 2.86 bits per heavy atom. The van der Waals surface area contributed by atoms with Gasteiger partial charge in [-0.3, -0.25) is 4.98 Å². The van der Waals surface area contributed by atoms with Crippen molar-refractivity contribution in [3.63, 3.8) is 0 Å². The number of carbonyl (C=O) groups excluding carboxylic acids is 1. The zero-order valence-corrected chi connectivity index (χ0v) is 14.2. The Hall–Kier alpha value is -1.08. The van der Waals surface area contributed by atoms with Gasteiger partial charge in [-0.05, 0) is 60.1 Å². The number of ether oxygens (including phenoxy) is 1. The Morgan fingerprint density at radius 2 is 2.10 bits per heavy atom. The van der Waals surface area contributed by atoms with Gasteiger partial charge in [0, 0.05) is 24.7 Å². The second-order valence-corrected chi connectivity index (χ2v) is 6.55. The highest BCUT2D eigenvalue weighted by atomic mass is 127. The van der Waals surface area contributed by atoms with Crippen LogP contribution in [0.3, 0.4) is 0 Å². The van der Waals surface area contributed by atoms with Crippen LogP contribution in [0.1, 0.15) is 19.3 Å². The van der Waals surface area contributed by atoms with Crippen LogP contribution in [0.4, 0.5) is 4.79 Å². The predicted molar refractivity (Wildman–Crippen MR) is 90.9 cm³/mol. The molecule has 0 atom stereocenters. The van der Waals surface area contributed by atoms with Crippen LogP contribution in [0.2, 0.25) is 5.02 Å². The van der Waals surface area contributed by atoms with E-state index in [1.807, 2.05) is 12.1 Å². The third-order valence-electron chi connectivity index (χ3n) is 3.55. The number of nitrogens with zero attached hydrogens (tertiary/aromatic N) is 2. The zero-order valence-electron chi connectivity index (χ0n) is 11.3. The molecule has 1 aliphatic heterocycles. The first-order valence-electron chi connectivity index (χ1n) is 6.86. The lowest BCUT2D eigenvalue weighted by Crippen LogP contribution is -2.37. The van der Waals surface area contributed by atoms with Gasteiger partial charge in [-0.2, -0.15) is 0 Å². The first-order valence-corrected chi connectivity index (χ1v) is 8.32. The number of amides is 1.